The summed E-state index contributed by atoms with van der Waals surface area (Å²) in [6.45, 7) is 1.79. The van der Waals surface area contributed by atoms with Crippen LogP contribution in [0.1, 0.15) is 5.56 Å². The molecular formula is C14H8Cl2N2O2S2. The van der Waals surface area contributed by atoms with Gasteiger partial charge in [0.1, 0.15) is 0 Å². The molecule has 2 aromatic carbocycles. The predicted octanol–water partition coefficient (Wildman–Crippen LogP) is 5.97. The average molecular weight is 371 g/mol. The summed E-state index contributed by atoms with van der Waals surface area (Å²) in [4.78, 5) is 15.7. The number of nitrogens with zero attached hydrogens (tertiary/aromatic N) is 2. The highest BCUT2D eigenvalue weighted by Gasteiger charge is 2.16. The summed E-state index contributed by atoms with van der Waals surface area (Å²) < 4.78 is 1.71. The Morgan fingerprint density at radius 3 is 2.68 bits per heavy atom. The maximum atomic E-state index is 10.8. The SMILES string of the molecule is Cc1cc([N+](=O)[O-])cc(Cl)c1Sc1nc2cccc(Cl)c2s1. The first-order valence-electron chi connectivity index (χ1n) is 6.13. The minimum atomic E-state index is -0.454. The van der Waals surface area contributed by atoms with Crippen LogP contribution < -0.4 is 0 Å². The molecule has 0 bridgehead atoms. The zero-order chi connectivity index (χ0) is 15.9. The molecule has 0 saturated carbocycles. The van der Waals surface area contributed by atoms with Crippen LogP contribution in [0.5, 0.6) is 0 Å². The van der Waals surface area contributed by atoms with Crippen molar-refractivity contribution < 1.29 is 4.92 Å². The molecule has 0 aliphatic heterocycles. The maximum absolute atomic E-state index is 10.8. The number of rotatable bonds is 3. The van der Waals surface area contributed by atoms with Crippen molar-refractivity contribution in [3.05, 3.63) is 56.1 Å². The first-order chi connectivity index (χ1) is 10.5. The molecule has 0 atom stereocenters. The second kappa shape index (κ2) is 6.04. The second-order valence-corrected chi connectivity index (χ2v) is 7.57. The van der Waals surface area contributed by atoms with Crippen molar-refractivity contribution in [2.45, 2.75) is 16.2 Å². The van der Waals surface area contributed by atoms with Crippen LogP contribution >= 0.6 is 46.3 Å². The number of fused-ring (bicyclic) bond motifs is 1. The molecule has 0 aliphatic carbocycles. The van der Waals surface area contributed by atoms with E-state index in [0.29, 0.717) is 10.0 Å². The van der Waals surface area contributed by atoms with E-state index in [1.54, 1.807) is 6.92 Å². The minimum Gasteiger partial charge on any atom is -0.258 e. The van der Waals surface area contributed by atoms with Crippen molar-refractivity contribution in [1.29, 1.82) is 0 Å². The Hall–Kier alpha value is -1.34. The molecule has 3 rings (SSSR count). The highest BCUT2D eigenvalue weighted by molar-refractivity contribution is 8.01. The molecule has 0 spiro atoms. The van der Waals surface area contributed by atoms with E-state index in [1.165, 1.54) is 35.2 Å². The van der Waals surface area contributed by atoms with Crippen molar-refractivity contribution in [2.75, 3.05) is 0 Å². The van der Waals surface area contributed by atoms with Crippen LogP contribution in [0.4, 0.5) is 5.69 Å². The van der Waals surface area contributed by atoms with Crippen LogP contribution in [0.15, 0.2) is 39.6 Å². The van der Waals surface area contributed by atoms with Gasteiger partial charge in [0.15, 0.2) is 4.34 Å². The van der Waals surface area contributed by atoms with E-state index in [-0.39, 0.29) is 5.69 Å². The van der Waals surface area contributed by atoms with Gasteiger partial charge in [-0.2, -0.15) is 0 Å². The van der Waals surface area contributed by atoms with E-state index in [0.717, 1.165) is 25.0 Å². The largest absolute Gasteiger partial charge is 0.271 e. The molecule has 0 amide bonds. The zero-order valence-electron chi connectivity index (χ0n) is 11.2. The van der Waals surface area contributed by atoms with Gasteiger partial charge in [-0.1, -0.05) is 41.0 Å². The summed E-state index contributed by atoms with van der Waals surface area (Å²) in [6.07, 6.45) is 0. The van der Waals surface area contributed by atoms with Gasteiger partial charge in [0.2, 0.25) is 0 Å². The molecule has 8 heteroatoms. The van der Waals surface area contributed by atoms with Gasteiger partial charge in [-0.05, 0) is 24.6 Å². The summed E-state index contributed by atoms with van der Waals surface area (Å²) in [5.74, 6) is 0. The smallest absolute Gasteiger partial charge is 0.258 e. The number of hydrogen-bond donors (Lipinski definition) is 0. The average Bonchev–Trinajstić information content (AvgIpc) is 2.86. The fourth-order valence-electron chi connectivity index (χ4n) is 1.97. The molecule has 1 heterocycles. The van der Waals surface area contributed by atoms with Gasteiger partial charge in [0, 0.05) is 17.0 Å². The Kier molecular flexibility index (Phi) is 4.27. The van der Waals surface area contributed by atoms with Crippen LogP contribution in [0.2, 0.25) is 10.0 Å². The number of benzene rings is 2. The summed E-state index contributed by atoms with van der Waals surface area (Å²) >= 11 is 15.2. The molecule has 0 unspecified atom stereocenters. The Morgan fingerprint density at radius 2 is 2.05 bits per heavy atom. The Morgan fingerprint density at radius 1 is 1.27 bits per heavy atom. The predicted molar refractivity (Wildman–Crippen MR) is 91.6 cm³/mol. The number of aryl methyl sites for hydroxylation is 1. The van der Waals surface area contributed by atoms with Gasteiger partial charge in [-0.15, -0.1) is 11.3 Å². The first kappa shape index (κ1) is 15.6. The molecule has 0 saturated heterocycles. The minimum absolute atomic E-state index is 0.0146. The highest BCUT2D eigenvalue weighted by Crippen LogP contribution is 2.42. The van der Waals surface area contributed by atoms with E-state index >= 15 is 0 Å². The number of thiazole rings is 1. The fraction of sp³-hybridized carbons (Fsp3) is 0.0714. The van der Waals surface area contributed by atoms with Crippen molar-refractivity contribution in [2.24, 2.45) is 0 Å². The summed E-state index contributed by atoms with van der Waals surface area (Å²) in [7, 11) is 0. The highest BCUT2D eigenvalue weighted by atomic mass is 35.5. The summed E-state index contributed by atoms with van der Waals surface area (Å²) in [5.41, 5.74) is 1.56. The topological polar surface area (TPSA) is 56.0 Å². The molecule has 0 fully saturated rings. The lowest BCUT2D eigenvalue weighted by Gasteiger charge is -2.05. The summed E-state index contributed by atoms with van der Waals surface area (Å²) in [6, 6.07) is 8.43. The van der Waals surface area contributed by atoms with Crippen LogP contribution in [0.25, 0.3) is 10.2 Å². The third kappa shape index (κ3) is 2.92. The monoisotopic (exact) mass is 370 g/mol. The molecule has 112 valence electrons. The molecule has 0 radical (unpaired) electrons. The third-order valence-electron chi connectivity index (χ3n) is 2.96. The summed E-state index contributed by atoms with van der Waals surface area (Å²) in [5, 5.41) is 11.9. The Bertz CT molecular complexity index is 873. The first-order valence-corrected chi connectivity index (χ1v) is 8.52. The van der Waals surface area contributed by atoms with Crippen molar-refractivity contribution in [3.63, 3.8) is 0 Å². The van der Waals surface area contributed by atoms with E-state index in [2.05, 4.69) is 4.98 Å². The van der Waals surface area contributed by atoms with Crippen molar-refractivity contribution in [3.8, 4) is 0 Å². The number of halogens is 2. The van der Waals surface area contributed by atoms with Gasteiger partial charge in [0.05, 0.1) is 25.2 Å². The van der Waals surface area contributed by atoms with E-state index in [9.17, 15) is 10.1 Å². The molecule has 1 aromatic heterocycles. The van der Waals surface area contributed by atoms with E-state index in [4.69, 9.17) is 23.2 Å². The third-order valence-corrected chi connectivity index (χ3v) is 6.21. The lowest BCUT2D eigenvalue weighted by Crippen LogP contribution is -1.91. The van der Waals surface area contributed by atoms with Crippen LogP contribution in [-0.4, -0.2) is 9.91 Å². The standard InChI is InChI=1S/C14H8Cl2N2O2S2/c1-7-5-8(18(19)20)6-10(16)12(7)21-14-17-11-4-2-3-9(15)13(11)22-14/h2-6H,1H3. The number of nitro benzene ring substituents is 1. The van der Waals surface area contributed by atoms with Gasteiger partial charge >= 0.3 is 0 Å². The van der Waals surface area contributed by atoms with Gasteiger partial charge in [-0.3, -0.25) is 10.1 Å². The molecule has 3 aromatic rings. The quantitative estimate of drug-likeness (QED) is 0.420. The molecule has 0 N–H and O–H groups in total. The van der Waals surface area contributed by atoms with Gasteiger partial charge in [-0.25, -0.2) is 4.98 Å². The molecular weight excluding hydrogens is 363 g/mol. The van der Waals surface area contributed by atoms with E-state index in [1.807, 2.05) is 18.2 Å². The maximum Gasteiger partial charge on any atom is 0.271 e. The zero-order valence-corrected chi connectivity index (χ0v) is 14.3. The van der Waals surface area contributed by atoms with Crippen molar-refractivity contribution >= 4 is 62.2 Å². The second-order valence-electron chi connectivity index (χ2n) is 4.50. The molecule has 0 aliphatic rings. The molecule has 4 nitrogen and oxygen atoms in total. The molecule has 22 heavy (non-hydrogen) atoms. The lowest BCUT2D eigenvalue weighted by atomic mass is 10.2. The number of aromatic nitrogens is 1. The Labute approximate surface area is 144 Å². The number of non-ortho nitro benzene ring substituents is 1. The fourth-order valence-corrected chi connectivity index (χ4v) is 4.70. The van der Waals surface area contributed by atoms with Crippen LogP contribution in [-0.2, 0) is 0 Å². The van der Waals surface area contributed by atoms with Crippen LogP contribution in [0, 0.1) is 17.0 Å². The van der Waals surface area contributed by atoms with Crippen molar-refractivity contribution in [1.82, 2.24) is 4.98 Å². The van der Waals surface area contributed by atoms with Gasteiger partial charge < -0.3 is 0 Å². The van der Waals surface area contributed by atoms with Crippen LogP contribution in [0.3, 0.4) is 0 Å². The van der Waals surface area contributed by atoms with Gasteiger partial charge in [0.25, 0.3) is 5.69 Å². The Balaban J connectivity index is 2.01. The number of hydrogen-bond acceptors (Lipinski definition) is 5. The normalized spacial score (nSPS) is 11.0. The number of nitro groups is 1. The lowest BCUT2D eigenvalue weighted by molar-refractivity contribution is -0.384. The van der Waals surface area contributed by atoms with E-state index < -0.39 is 4.92 Å².